The van der Waals surface area contributed by atoms with Crippen LogP contribution in [0.15, 0.2) is 91.0 Å². The van der Waals surface area contributed by atoms with Gasteiger partial charge in [-0.3, -0.25) is 4.79 Å². The first-order chi connectivity index (χ1) is 17.2. The number of carbonyl (C=O) groups is 1. The first-order valence-corrected chi connectivity index (χ1v) is 12.2. The third kappa shape index (κ3) is 4.13. The summed E-state index contributed by atoms with van der Waals surface area (Å²) in [6.07, 6.45) is 0.435. The van der Waals surface area contributed by atoms with Crippen molar-refractivity contribution in [3.8, 4) is 5.75 Å². The number of rotatable bonds is 6. The Morgan fingerprint density at radius 1 is 0.914 bits per heavy atom. The Balaban J connectivity index is 1.29. The minimum atomic E-state index is 0.00407. The summed E-state index contributed by atoms with van der Waals surface area (Å²) in [5.74, 6) is 1.84. The van der Waals surface area contributed by atoms with Crippen LogP contribution in [0.4, 0.5) is 5.69 Å². The minimum absolute atomic E-state index is 0.00407. The van der Waals surface area contributed by atoms with Crippen LogP contribution in [0.3, 0.4) is 0 Å². The van der Waals surface area contributed by atoms with Gasteiger partial charge in [-0.1, -0.05) is 60.1 Å². The Kier molecular flexibility index (Phi) is 5.63. The molecule has 2 heterocycles. The highest BCUT2D eigenvalue weighted by atomic mass is 35.5. The number of benzene rings is 4. The van der Waals surface area contributed by atoms with Crippen LogP contribution in [0.2, 0.25) is 5.02 Å². The lowest BCUT2D eigenvalue weighted by Crippen LogP contribution is -2.25. The van der Waals surface area contributed by atoms with E-state index in [1.54, 1.807) is 0 Å². The predicted octanol–water partition coefficient (Wildman–Crippen LogP) is 6.44. The van der Waals surface area contributed by atoms with Crippen molar-refractivity contribution in [1.82, 2.24) is 9.55 Å². The molecular weight excluding hydrogens is 458 g/mol. The molecule has 174 valence electrons. The van der Waals surface area contributed by atoms with Gasteiger partial charge < -0.3 is 14.2 Å². The van der Waals surface area contributed by atoms with Crippen LogP contribution >= 0.6 is 11.6 Å². The van der Waals surface area contributed by atoms with Crippen LogP contribution in [0.1, 0.15) is 18.2 Å². The highest BCUT2D eigenvalue weighted by Gasteiger charge is 2.35. The fourth-order valence-corrected chi connectivity index (χ4v) is 5.11. The molecule has 0 radical (unpaired) electrons. The molecular formula is C29H24ClN3O2. The third-order valence-corrected chi connectivity index (χ3v) is 6.88. The van der Waals surface area contributed by atoms with Gasteiger partial charge >= 0.3 is 0 Å². The van der Waals surface area contributed by atoms with Crippen molar-refractivity contribution in [2.45, 2.75) is 18.9 Å². The zero-order chi connectivity index (χ0) is 23.8. The molecule has 1 aliphatic rings. The smallest absolute Gasteiger partial charge is 0.227 e. The van der Waals surface area contributed by atoms with Gasteiger partial charge in [-0.05, 0) is 47.9 Å². The van der Waals surface area contributed by atoms with E-state index in [0.717, 1.165) is 39.1 Å². The van der Waals surface area contributed by atoms with Crippen molar-refractivity contribution in [2.24, 2.45) is 0 Å². The maximum Gasteiger partial charge on any atom is 0.227 e. The van der Waals surface area contributed by atoms with Gasteiger partial charge in [0.2, 0.25) is 5.91 Å². The SMILES string of the molecule is O=C1CC(c2nc3ccccc3n2CCOc2ccc(Cl)cc2)CN1c1cccc2ccccc12. The molecule has 1 amide bonds. The number of aromatic nitrogens is 2. The second-order valence-electron chi connectivity index (χ2n) is 8.82. The summed E-state index contributed by atoms with van der Waals surface area (Å²) < 4.78 is 8.18. The van der Waals surface area contributed by atoms with Crippen LogP contribution in [0, 0.1) is 0 Å². The molecule has 6 rings (SSSR count). The molecule has 1 aliphatic heterocycles. The zero-order valence-electron chi connectivity index (χ0n) is 19.1. The number of carbonyl (C=O) groups excluding carboxylic acids is 1. The Morgan fingerprint density at radius 3 is 2.57 bits per heavy atom. The molecule has 5 aromatic rings. The van der Waals surface area contributed by atoms with Gasteiger partial charge in [0.05, 0.1) is 23.3 Å². The number of hydrogen-bond donors (Lipinski definition) is 0. The van der Waals surface area contributed by atoms with Crippen molar-refractivity contribution in [1.29, 1.82) is 0 Å². The molecule has 1 aromatic heterocycles. The fourth-order valence-electron chi connectivity index (χ4n) is 4.98. The highest BCUT2D eigenvalue weighted by molar-refractivity contribution is 6.30. The number of nitrogens with zero attached hydrogens (tertiary/aromatic N) is 3. The van der Waals surface area contributed by atoms with E-state index in [9.17, 15) is 4.79 Å². The van der Waals surface area contributed by atoms with E-state index in [-0.39, 0.29) is 11.8 Å². The lowest BCUT2D eigenvalue weighted by molar-refractivity contribution is -0.117. The van der Waals surface area contributed by atoms with Crippen LogP contribution in [0.25, 0.3) is 21.8 Å². The van der Waals surface area contributed by atoms with Gasteiger partial charge in [0.25, 0.3) is 0 Å². The quantitative estimate of drug-likeness (QED) is 0.280. The number of anilines is 1. The monoisotopic (exact) mass is 481 g/mol. The summed E-state index contributed by atoms with van der Waals surface area (Å²) in [5.41, 5.74) is 2.95. The zero-order valence-corrected chi connectivity index (χ0v) is 19.9. The summed E-state index contributed by atoms with van der Waals surface area (Å²) in [6.45, 7) is 1.73. The summed E-state index contributed by atoms with van der Waals surface area (Å²) in [5, 5.41) is 2.91. The van der Waals surface area contributed by atoms with E-state index in [2.05, 4.69) is 28.8 Å². The largest absolute Gasteiger partial charge is 0.492 e. The number of fused-ring (bicyclic) bond motifs is 2. The molecule has 5 nitrogen and oxygen atoms in total. The van der Waals surface area contributed by atoms with Gasteiger partial charge in [0.1, 0.15) is 18.2 Å². The highest BCUT2D eigenvalue weighted by Crippen LogP contribution is 2.36. The van der Waals surface area contributed by atoms with Gasteiger partial charge in [-0.15, -0.1) is 0 Å². The molecule has 1 unspecified atom stereocenters. The molecule has 35 heavy (non-hydrogen) atoms. The average molecular weight is 482 g/mol. The van der Waals surface area contributed by atoms with Crippen LogP contribution in [-0.2, 0) is 11.3 Å². The molecule has 6 heteroatoms. The number of ether oxygens (including phenoxy) is 1. The van der Waals surface area contributed by atoms with E-state index < -0.39 is 0 Å². The summed E-state index contributed by atoms with van der Waals surface area (Å²) in [6, 6.07) is 29.8. The van der Waals surface area contributed by atoms with Crippen molar-refractivity contribution in [2.75, 3.05) is 18.1 Å². The molecule has 0 spiro atoms. The number of hydrogen-bond acceptors (Lipinski definition) is 3. The second-order valence-corrected chi connectivity index (χ2v) is 9.25. The van der Waals surface area contributed by atoms with Crippen molar-refractivity contribution >= 4 is 45.0 Å². The third-order valence-electron chi connectivity index (χ3n) is 6.63. The summed E-state index contributed by atoms with van der Waals surface area (Å²) >= 11 is 5.99. The number of amides is 1. The van der Waals surface area contributed by atoms with Crippen molar-refractivity contribution in [3.05, 3.63) is 102 Å². The van der Waals surface area contributed by atoms with Gasteiger partial charge in [-0.2, -0.15) is 0 Å². The number of halogens is 1. The molecule has 1 fully saturated rings. The van der Waals surface area contributed by atoms with Crippen molar-refractivity contribution < 1.29 is 9.53 Å². The van der Waals surface area contributed by atoms with E-state index in [1.807, 2.05) is 71.6 Å². The van der Waals surface area contributed by atoms with E-state index in [4.69, 9.17) is 21.3 Å². The molecule has 0 bridgehead atoms. The van der Waals surface area contributed by atoms with Gasteiger partial charge in [0, 0.05) is 29.3 Å². The van der Waals surface area contributed by atoms with Crippen LogP contribution in [0.5, 0.6) is 5.75 Å². The van der Waals surface area contributed by atoms with Crippen LogP contribution in [-0.4, -0.2) is 28.6 Å². The summed E-state index contributed by atoms with van der Waals surface area (Å²) in [4.78, 5) is 20.1. The number of para-hydroxylation sites is 2. The Hall–Kier alpha value is -3.83. The second kappa shape index (κ2) is 9.08. The molecule has 4 aromatic carbocycles. The lowest BCUT2D eigenvalue weighted by atomic mass is 10.1. The van der Waals surface area contributed by atoms with E-state index in [0.29, 0.717) is 31.1 Å². The maximum absolute atomic E-state index is 13.2. The molecule has 0 N–H and O–H groups in total. The maximum atomic E-state index is 13.2. The minimum Gasteiger partial charge on any atom is -0.492 e. The molecule has 0 aliphatic carbocycles. The standard InChI is InChI=1S/C29H24ClN3O2/c30-22-12-14-23(15-13-22)35-17-16-32-27-10-4-3-9-25(27)31-29(32)21-18-28(34)33(19-21)26-11-5-7-20-6-1-2-8-24(20)26/h1-15,21H,16-19H2. The first kappa shape index (κ1) is 21.7. The van der Waals surface area contributed by atoms with Crippen LogP contribution < -0.4 is 9.64 Å². The first-order valence-electron chi connectivity index (χ1n) is 11.8. The molecule has 0 saturated carbocycles. The predicted molar refractivity (Wildman–Crippen MR) is 140 cm³/mol. The fraction of sp³-hybridized carbons (Fsp3) is 0.172. The van der Waals surface area contributed by atoms with E-state index in [1.165, 1.54) is 0 Å². The molecule has 1 atom stereocenters. The Labute approximate surface area is 208 Å². The summed E-state index contributed by atoms with van der Waals surface area (Å²) in [7, 11) is 0. The van der Waals surface area contributed by atoms with Gasteiger partial charge in [0.15, 0.2) is 0 Å². The Morgan fingerprint density at radius 2 is 1.69 bits per heavy atom. The topological polar surface area (TPSA) is 47.4 Å². The molecule has 1 saturated heterocycles. The lowest BCUT2D eigenvalue weighted by Gasteiger charge is -2.19. The average Bonchev–Trinajstić information content (AvgIpc) is 3.45. The normalized spacial score (nSPS) is 15.9. The van der Waals surface area contributed by atoms with Crippen molar-refractivity contribution in [3.63, 3.8) is 0 Å². The number of imidazole rings is 1. The van der Waals surface area contributed by atoms with E-state index >= 15 is 0 Å². The Bertz CT molecular complexity index is 1520. The van der Waals surface area contributed by atoms with Gasteiger partial charge in [-0.25, -0.2) is 4.98 Å².